The van der Waals surface area contributed by atoms with E-state index in [2.05, 4.69) is 25.3 Å². The van der Waals surface area contributed by atoms with Gasteiger partial charge in [0.15, 0.2) is 0 Å². The Morgan fingerprint density at radius 2 is 1.95 bits per heavy atom. The molecule has 0 saturated carbocycles. The summed E-state index contributed by atoms with van der Waals surface area (Å²) in [6, 6.07) is 11.0. The maximum atomic E-state index is 12.1. The van der Waals surface area contributed by atoms with Gasteiger partial charge in [0.2, 0.25) is 7.37 Å². The Labute approximate surface area is 117 Å². The van der Waals surface area contributed by atoms with Gasteiger partial charge in [0.25, 0.3) is 0 Å². The molecule has 5 heteroatoms. The number of hydrogen-bond acceptors (Lipinski definition) is 2. The zero-order valence-corrected chi connectivity index (χ0v) is 13.9. The molecule has 0 amide bonds. The molecule has 0 aliphatic rings. The molecule has 0 aliphatic heterocycles. The first-order valence-corrected chi connectivity index (χ1v) is 11.3. The monoisotopic (exact) mass is 297 g/mol. The molecule has 1 aromatic carbocycles. The Kier molecular flexibility index (Phi) is 5.75. The van der Waals surface area contributed by atoms with E-state index in [0.29, 0.717) is 6.16 Å². The first kappa shape index (κ1) is 16.4. The predicted molar refractivity (Wildman–Crippen MR) is 85.9 cm³/mol. The van der Waals surface area contributed by atoms with E-state index >= 15 is 0 Å². The van der Waals surface area contributed by atoms with Gasteiger partial charge in [-0.1, -0.05) is 47.8 Å². The Morgan fingerprint density at radius 3 is 2.42 bits per heavy atom. The molecule has 0 aliphatic carbocycles. The minimum absolute atomic E-state index is 0.253. The Bertz CT molecular complexity index is 464. The second kappa shape index (κ2) is 6.66. The molecule has 0 saturated heterocycles. The van der Waals surface area contributed by atoms with Crippen molar-refractivity contribution >= 4 is 20.6 Å². The third-order valence-corrected chi connectivity index (χ3v) is 9.56. The van der Waals surface area contributed by atoms with Crippen molar-refractivity contribution in [3.05, 3.63) is 42.6 Å². The zero-order chi connectivity index (χ0) is 14.5. The summed E-state index contributed by atoms with van der Waals surface area (Å²) in [4.78, 5) is 11.8. The lowest BCUT2D eigenvalue weighted by atomic mass is 10.4. The average molecular weight is 297 g/mol. The van der Waals surface area contributed by atoms with Crippen molar-refractivity contribution in [1.29, 1.82) is 0 Å². The predicted octanol–water partition coefficient (Wildman–Crippen LogP) is 2.49. The van der Waals surface area contributed by atoms with Gasteiger partial charge >= 0.3 is 0 Å². The SMILES string of the molecule is C=C[Si](C)(CCP(=O)(O)CN(C)C)c1ccccc1. The maximum Gasteiger partial charge on any atom is 0.213 e. The highest BCUT2D eigenvalue weighted by atomic mass is 31.2. The minimum Gasteiger partial charge on any atom is -0.343 e. The van der Waals surface area contributed by atoms with Crippen molar-refractivity contribution in [3.63, 3.8) is 0 Å². The van der Waals surface area contributed by atoms with Gasteiger partial charge in [0.05, 0.1) is 6.29 Å². The highest BCUT2D eigenvalue weighted by molar-refractivity contribution is 7.58. The Hall–Kier alpha value is -0.673. The highest BCUT2D eigenvalue weighted by Crippen LogP contribution is 2.42. The molecule has 3 nitrogen and oxygen atoms in total. The van der Waals surface area contributed by atoms with Gasteiger partial charge in [0.1, 0.15) is 8.07 Å². The lowest BCUT2D eigenvalue weighted by Crippen LogP contribution is -2.43. The number of nitrogens with zero attached hydrogens (tertiary/aromatic N) is 1. The van der Waals surface area contributed by atoms with Crippen LogP contribution in [-0.2, 0) is 4.57 Å². The second-order valence-corrected chi connectivity index (χ2v) is 12.3. The minimum atomic E-state index is -3.07. The molecule has 106 valence electrons. The Balaban J connectivity index is 2.78. The van der Waals surface area contributed by atoms with Crippen molar-refractivity contribution in [2.45, 2.75) is 12.6 Å². The normalized spacial score (nSPS) is 17.7. The molecule has 0 heterocycles. The van der Waals surface area contributed by atoms with Gasteiger partial charge in [-0.2, -0.15) is 0 Å². The lowest BCUT2D eigenvalue weighted by Gasteiger charge is -2.26. The van der Waals surface area contributed by atoms with Crippen LogP contribution in [0.25, 0.3) is 0 Å². The van der Waals surface area contributed by atoms with Crippen LogP contribution >= 0.6 is 7.37 Å². The summed E-state index contributed by atoms with van der Waals surface area (Å²) < 4.78 is 12.1. The maximum absolute atomic E-state index is 12.1. The molecule has 0 radical (unpaired) electrons. The quantitative estimate of drug-likeness (QED) is 0.621. The zero-order valence-electron chi connectivity index (χ0n) is 12.0. The summed E-state index contributed by atoms with van der Waals surface area (Å²) >= 11 is 0. The van der Waals surface area contributed by atoms with Gasteiger partial charge in [-0.25, -0.2) is 0 Å². The van der Waals surface area contributed by atoms with Gasteiger partial charge in [-0.15, -0.1) is 6.58 Å². The molecule has 1 aromatic rings. The van der Waals surface area contributed by atoms with Crippen LogP contribution < -0.4 is 5.19 Å². The number of hydrogen-bond donors (Lipinski definition) is 1. The van der Waals surface area contributed by atoms with Crippen LogP contribution in [0.3, 0.4) is 0 Å². The first-order chi connectivity index (χ1) is 8.79. The summed E-state index contributed by atoms with van der Waals surface area (Å²) in [5.74, 6) is 0. The van der Waals surface area contributed by atoms with Crippen LogP contribution in [0.4, 0.5) is 0 Å². The molecule has 19 heavy (non-hydrogen) atoms. The molecule has 1 N–H and O–H groups in total. The highest BCUT2D eigenvalue weighted by Gasteiger charge is 2.30. The molecule has 0 fully saturated rings. The second-order valence-electron chi connectivity index (χ2n) is 5.53. The van der Waals surface area contributed by atoms with E-state index in [-0.39, 0.29) is 6.29 Å². The lowest BCUT2D eigenvalue weighted by molar-refractivity contribution is 0.415. The Morgan fingerprint density at radius 1 is 1.37 bits per heavy atom. The molecule has 2 unspecified atom stereocenters. The van der Waals surface area contributed by atoms with E-state index in [1.165, 1.54) is 5.19 Å². The van der Waals surface area contributed by atoms with Crippen molar-refractivity contribution in [3.8, 4) is 0 Å². The van der Waals surface area contributed by atoms with E-state index < -0.39 is 15.4 Å². The summed E-state index contributed by atoms with van der Waals surface area (Å²) in [5.41, 5.74) is 2.01. The molecule has 0 aromatic heterocycles. The smallest absolute Gasteiger partial charge is 0.213 e. The van der Waals surface area contributed by atoms with Gasteiger partial charge < -0.3 is 9.79 Å². The summed E-state index contributed by atoms with van der Waals surface area (Å²) in [6.45, 7) is 6.15. The third kappa shape index (κ3) is 5.07. The van der Waals surface area contributed by atoms with E-state index in [9.17, 15) is 9.46 Å². The van der Waals surface area contributed by atoms with Crippen LogP contribution in [0.5, 0.6) is 0 Å². The fourth-order valence-electron chi connectivity index (χ4n) is 2.10. The third-order valence-electron chi connectivity index (χ3n) is 3.37. The van der Waals surface area contributed by atoms with Crippen molar-refractivity contribution in [1.82, 2.24) is 4.90 Å². The molecule has 1 rings (SSSR count). The van der Waals surface area contributed by atoms with Gasteiger partial charge in [-0.05, 0) is 20.1 Å². The fourth-order valence-corrected chi connectivity index (χ4v) is 8.07. The number of benzene rings is 1. The van der Waals surface area contributed by atoms with Gasteiger partial charge in [-0.3, -0.25) is 4.57 Å². The molecular weight excluding hydrogens is 273 g/mol. The van der Waals surface area contributed by atoms with E-state index in [1.54, 1.807) is 4.90 Å². The standard InChI is InChI=1S/C14H24NO2PSi/c1-5-19(4,14-9-7-6-8-10-14)12-11-18(16,17)13-15(2)3/h5-10H,1,11-13H2,2-4H3,(H,16,17). The fraction of sp³-hybridized carbons (Fsp3) is 0.429. The topological polar surface area (TPSA) is 40.5 Å². The summed E-state index contributed by atoms with van der Waals surface area (Å²) in [7, 11) is -1.27. The number of rotatable bonds is 7. The summed E-state index contributed by atoms with van der Waals surface area (Å²) in [5, 5.41) is 1.27. The van der Waals surface area contributed by atoms with Crippen LogP contribution in [-0.4, -0.2) is 44.4 Å². The van der Waals surface area contributed by atoms with E-state index in [1.807, 2.05) is 38.0 Å². The van der Waals surface area contributed by atoms with Crippen molar-refractivity contribution in [2.75, 3.05) is 26.5 Å². The van der Waals surface area contributed by atoms with Crippen molar-refractivity contribution in [2.24, 2.45) is 0 Å². The average Bonchev–Trinajstić information content (AvgIpc) is 2.36. The van der Waals surface area contributed by atoms with E-state index in [0.717, 1.165) is 6.04 Å². The van der Waals surface area contributed by atoms with Crippen LogP contribution in [0.2, 0.25) is 12.6 Å². The summed E-state index contributed by atoms with van der Waals surface area (Å²) in [6.07, 6.45) is 0.623. The molecule has 2 atom stereocenters. The molecule has 0 spiro atoms. The van der Waals surface area contributed by atoms with Gasteiger partial charge in [0, 0.05) is 6.16 Å². The van der Waals surface area contributed by atoms with Crippen LogP contribution in [0, 0.1) is 0 Å². The van der Waals surface area contributed by atoms with Crippen LogP contribution in [0.1, 0.15) is 0 Å². The first-order valence-electron chi connectivity index (χ1n) is 6.44. The molecular formula is C14H24NO2PSi. The van der Waals surface area contributed by atoms with Crippen LogP contribution in [0.15, 0.2) is 42.6 Å². The molecule has 0 bridgehead atoms. The largest absolute Gasteiger partial charge is 0.343 e. The van der Waals surface area contributed by atoms with Crippen molar-refractivity contribution < 1.29 is 9.46 Å². The van der Waals surface area contributed by atoms with E-state index in [4.69, 9.17) is 0 Å².